The van der Waals surface area contributed by atoms with Crippen molar-refractivity contribution in [3.05, 3.63) is 65.9 Å². The fourth-order valence-electron chi connectivity index (χ4n) is 4.81. The van der Waals surface area contributed by atoms with E-state index in [9.17, 15) is 9.59 Å². The number of hydrogen-bond donors (Lipinski definition) is 1. The van der Waals surface area contributed by atoms with Crippen molar-refractivity contribution in [2.45, 2.75) is 51.1 Å². The van der Waals surface area contributed by atoms with E-state index in [-0.39, 0.29) is 17.9 Å². The molecule has 7 nitrogen and oxygen atoms in total. The maximum atomic E-state index is 13.3. The highest BCUT2D eigenvalue weighted by molar-refractivity contribution is 5.92. The molecule has 2 aromatic rings. The van der Waals surface area contributed by atoms with Crippen LogP contribution in [0.3, 0.4) is 0 Å². The minimum atomic E-state index is -0.750. The van der Waals surface area contributed by atoms with E-state index >= 15 is 0 Å². The fraction of sp³-hybridized carbons (Fsp3) is 0.429. The average Bonchev–Trinajstić information content (AvgIpc) is 2.89. The largest absolute Gasteiger partial charge is 0.493 e. The van der Waals surface area contributed by atoms with Crippen LogP contribution in [0.25, 0.3) is 5.70 Å². The Hall–Kier alpha value is -3.48. The lowest BCUT2D eigenvalue weighted by Crippen LogP contribution is -2.59. The number of rotatable bonds is 7. The van der Waals surface area contributed by atoms with Crippen molar-refractivity contribution in [3.63, 3.8) is 0 Å². The molecular weight excluding hydrogens is 442 g/mol. The summed E-state index contributed by atoms with van der Waals surface area (Å²) < 4.78 is 10.8. The Morgan fingerprint density at radius 3 is 2.37 bits per heavy atom. The summed E-state index contributed by atoms with van der Waals surface area (Å²) in [4.78, 5) is 29.9. The highest BCUT2D eigenvalue weighted by atomic mass is 16.5. The minimum absolute atomic E-state index is 0.0376. The second-order valence-electron chi connectivity index (χ2n) is 9.67. The number of piperidine rings is 1. The van der Waals surface area contributed by atoms with E-state index in [2.05, 4.69) is 17.4 Å². The molecule has 0 unspecified atom stereocenters. The van der Waals surface area contributed by atoms with Crippen molar-refractivity contribution in [2.24, 2.45) is 0 Å². The summed E-state index contributed by atoms with van der Waals surface area (Å²) in [5, 5.41) is 3.38. The summed E-state index contributed by atoms with van der Waals surface area (Å²) in [6.45, 7) is 5.13. The molecule has 186 valence electrons. The topological polar surface area (TPSA) is 71.1 Å². The molecule has 35 heavy (non-hydrogen) atoms. The summed E-state index contributed by atoms with van der Waals surface area (Å²) in [6, 6.07) is 15.9. The van der Waals surface area contributed by atoms with E-state index in [0.29, 0.717) is 31.0 Å². The molecule has 4 rings (SSSR count). The maximum absolute atomic E-state index is 13.3. The SMILES string of the molecule is COc1ccc(C2=CN(C3CCN(C(=O)CCc4ccccc4)CC3)C(=O)C(C)(C)N2)cc1OC. The number of nitrogens with zero attached hydrogens (tertiary/aromatic N) is 2. The number of likely N-dealkylation sites (tertiary alicyclic amines) is 1. The number of carbonyl (C=O) groups is 2. The van der Waals surface area contributed by atoms with Crippen molar-refractivity contribution >= 4 is 17.5 Å². The third kappa shape index (κ3) is 5.45. The van der Waals surface area contributed by atoms with E-state index < -0.39 is 5.54 Å². The van der Waals surface area contributed by atoms with Crippen molar-refractivity contribution in [3.8, 4) is 11.5 Å². The smallest absolute Gasteiger partial charge is 0.251 e. The number of nitrogens with one attached hydrogen (secondary N) is 1. The van der Waals surface area contributed by atoms with E-state index in [0.717, 1.165) is 30.5 Å². The van der Waals surface area contributed by atoms with Crippen molar-refractivity contribution < 1.29 is 19.1 Å². The van der Waals surface area contributed by atoms with Crippen LogP contribution in [0.1, 0.15) is 44.2 Å². The van der Waals surface area contributed by atoms with Crippen LogP contribution in [0.15, 0.2) is 54.7 Å². The highest BCUT2D eigenvalue weighted by Crippen LogP contribution is 2.33. The van der Waals surface area contributed by atoms with Gasteiger partial charge in [-0.15, -0.1) is 0 Å². The first-order valence-corrected chi connectivity index (χ1v) is 12.2. The Kier molecular flexibility index (Phi) is 7.34. The van der Waals surface area contributed by atoms with Gasteiger partial charge in [-0.3, -0.25) is 9.59 Å². The molecule has 1 fully saturated rings. The van der Waals surface area contributed by atoms with Gasteiger partial charge < -0.3 is 24.6 Å². The number of carbonyl (C=O) groups excluding carboxylic acids is 2. The van der Waals surface area contributed by atoms with Crippen LogP contribution in [-0.2, 0) is 16.0 Å². The van der Waals surface area contributed by atoms with Crippen LogP contribution in [0.5, 0.6) is 11.5 Å². The van der Waals surface area contributed by atoms with Gasteiger partial charge in [0.1, 0.15) is 5.54 Å². The summed E-state index contributed by atoms with van der Waals surface area (Å²) in [7, 11) is 3.22. The number of amides is 2. The molecule has 0 bridgehead atoms. The molecule has 0 aromatic heterocycles. The first kappa shape index (κ1) is 24.6. The Bertz CT molecular complexity index is 1090. The Morgan fingerprint density at radius 2 is 1.71 bits per heavy atom. The normalized spacial score (nSPS) is 18.1. The van der Waals surface area contributed by atoms with Gasteiger partial charge >= 0.3 is 0 Å². The van der Waals surface area contributed by atoms with Crippen molar-refractivity contribution in [1.29, 1.82) is 0 Å². The molecule has 2 aliphatic rings. The van der Waals surface area contributed by atoms with Crippen LogP contribution < -0.4 is 14.8 Å². The number of ether oxygens (including phenoxy) is 2. The number of hydrogen-bond acceptors (Lipinski definition) is 5. The Balaban J connectivity index is 1.45. The molecule has 0 radical (unpaired) electrons. The van der Waals surface area contributed by atoms with Gasteiger partial charge in [0.15, 0.2) is 11.5 Å². The quantitative estimate of drug-likeness (QED) is 0.656. The predicted molar refractivity (Wildman–Crippen MR) is 136 cm³/mol. The zero-order valence-corrected chi connectivity index (χ0v) is 21.0. The van der Waals surface area contributed by atoms with Crippen molar-refractivity contribution in [2.75, 3.05) is 27.3 Å². The van der Waals surface area contributed by atoms with Gasteiger partial charge in [0, 0.05) is 37.3 Å². The highest BCUT2D eigenvalue weighted by Gasteiger charge is 2.40. The predicted octanol–water partition coefficient (Wildman–Crippen LogP) is 3.84. The van der Waals surface area contributed by atoms with Gasteiger partial charge in [0.2, 0.25) is 5.91 Å². The number of benzene rings is 2. The van der Waals surface area contributed by atoms with Gasteiger partial charge in [0.05, 0.1) is 19.9 Å². The van der Waals surface area contributed by atoms with Gasteiger partial charge in [-0.05, 0) is 56.9 Å². The Labute approximate surface area is 207 Å². The van der Waals surface area contributed by atoms with E-state index in [1.807, 2.05) is 66.2 Å². The zero-order chi connectivity index (χ0) is 25.0. The first-order valence-electron chi connectivity index (χ1n) is 12.2. The third-order valence-electron chi connectivity index (χ3n) is 6.86. The van der Waals surface area contributed by atoms with Crippen LogP contribution in [0, 0.1) is 0 Å². The molecule has 0 spiro atoms. The number of aryl methyl sites for hydroxylation is 1. The third-order valence-corrected chi connectivity index (χ3v) is 6.86. The molecule has 1 N–H and O–H groups in total. The standard InChI is InChI=1S/C28H35N3O4/c1-28(2)27(33)31(19-23(29-28)21-11-12-24(34-3)25(18-21)35-4)22-14-16-30(17-15-22)26(32)13-10-20-8-6-5-7-9-20/h5-9,11-12,18-19,22,29H,10,13-17H2,1-4H3. The summed E-state index contributed by atoms with van der Waals surface area (Å²) in [6.07, 6.45) is 4.69. The lowest BCUT2D eigenvalue weighted by molar-refractivity contribution is -0.138. The first-order chi connectivity index (χ1) is 16.8. The molecule has 0 aliphatic carbocycles. The van der Waals surface area contributed by atoms with Crippen LogP contribution in [0.4, 0.5) is 0 Å². The Morgan fingerprint density at radius 1 is 1.03 bits per heavy atom. The average molecular weight is 478 g/mol. The van der Waals surface area contributed by atoms with Crippen molar-refractivity contribution in [1.82, 2.24) is 15.1 Å². The van der Waals surface area contributed by atoms with Gasteiger partial charge in [0.25, 0.3) is 5.91 Å². The fourth-order valence-corrected chi connectivity index (χ4v) is 4.81. The second-order valence-corrected chi connectivity index (χ2v) is 9.67. The monoisotopic (exact) mass is 477 g/mol. The lowest BCUT2D eigenvalue weighted by Gasteiger charge is -2.44. The summed E-state index contributed by atoms with van der Waals surface area (Å²) >= 11 is 0. The maximum Gasteiger partial charge on any atom is 0.251 e. The second kappa shape index (κ2) is 10.4. The van der Waals surface area contributed by atoms with Gasteiger partial charge in [-0.1, -0.05) is 30.3 Å². The molecular formula is C28H35N3O4. The van der Waals surface area contributed by atoms with E-state index in [4.69, 9.17) is 9.47 Å². The van der Waals surface area contributed by atoms with E-state index in [1.54, 1.807) is 14.2 Å². The molecule has 0 saturated carbocycles. The lowest BCUT2D eigenvalue weighted by atomic mass is 9.94. The molecule has 2 aromatic carbocycles. The number of methoxy groups -OCH3 is 2. The van der Waals surface area contributed by atoms with Crippen LogP contribution >= 0.6 is 0 Å². The molecule has 0 atom stereocenters. The molecule has 2 heterocycles. The minimum Gasteiger partial charge on any atom is -0.493 e. The van der Waals surface area contributed by atoms with E-state index in [1.165, 1.54) is 5.56 Å². The molecule has 1 saturated heterocycles. The zero-order valence-electron chi connectivity index (χ0n) is 21.0. The van der Waals surface area contributed by atoms with Gasteiger partial charge in [-0.25, -0.2) is 0 Å². The molecule has 2 aliphatic heterocycles. The van der Waals surface area contributed by atoms with Crippen LogP contribution in [-0.4, -0.2) is 60.5 Å². The molecule has 2 amide bonds. The molecule has 7 heteroatoms. The summed E-state index contributed by atoms with van der Waals surface area (Å²) in [5.41, 5.74) is 2.20. The van der Waals surface area contributed by atoms with Gasteiger partial charge in [-0.2, -0.15) is 0 Å². The van der Waals surface area contributed by atoms with Crippen LogP contribution in [0.2, 0.25) is 0 Å². The summed E-state index contributed by atoms with van der Waals surface area (Å²) in [5.74, 6) is 1.51.